The van der Waals surface area contributed by atoms with Gasteiger partial charge in [-0.2, -0.15) is 0 Å². The molecule has 3 rings (SSSR count). The second-order valence-corrected chi connectivity index (χ2v) is 4.39. The number of nitrogen functional groups attached to an aromatic ring is 1. The van der Waals surface area contributed by atoms with E-state index in [0.29, 0.717) is 23.3 Å². The molecule has 0 aliphatic heterocycles. The van der Waals surface area contributed by atoms with Crippen molar-refractivity contribution >= 4 is 16.7 Å². The molecule has 0 saturated heterocycles. The molecule has 0 radical (unpaired) electrons. The molecule has 0 amide bonds. The number of halogens is 2. The Morgan fingerprint density at radius 1 is 1.00 bits per heavy atom. The summed E-state index contributed by atoms with van der Waals surface area (Å²) in [5.74, 6) is -0.790. The summed E-state index contributed by atoms with van der Waals surface area (Å²) in [5.41, 5.74) is 7.88. The fourth-order valence-electron chi connectivity index (χ4n) is 2.10. The molecule has 0 spiro atoms. The largest absolute Gasteiger partial charge is 0.573 e. The van der Waals surface area contributed by atoms with Crippen molar-refractivity contribution < 1.29 is 29.2 Å². The number of hydrogen-bond donors (Lipinski definition) is 1. The zero-order chi connectivity index (χ0) is 13.4. The van der Waals surface area contributed by atoms with Crippen molar-refractivity contribution in [1.82, 2.24) is 10.2 Å². The van der Waals surface area contributed by atoms with Crippen LogP contribution in [0.15, 0.2) is 36.4 Å². The monoisotopic (exact) mass is 364 g/mol. The van der Waals surface area contributed by atoms with Gasteiger partial charge in [-0.1, -0.05) is 12.1 Å². The van der Waals surface area contributed by atoms with E-state index >= 15 is 0 Å². The SMILES string of the molecule is Nc1n[n-]c2ccc(Cc3cc(F)cc(F)c3)cc12.[Pd]. The average Bonchev–Trinajstić information content (AvgIpc) is 2.70. The molecule has 0 atom stereocenters. The van der Waals surface area contributed by atoms with Crippen LogP contribution in [-0.2, 0) is 26.8 Å². The summed E-state index contributed by atoms with van der Waals surface area (Å²) < 4.78 is 26.2. The van der Waals surface area contributed by atoms with E-state index < -0.39 is 11.6 Å². The Hall–Kier alpha value is -1.77. The van der Waals surface area contributed by atoms with E-state index in [1.165, 1.54) is 12.1 Å². The summed E-state index contributed by atoms with van der Waals surface area (Å²) in [5, 5.41) is 8.44. The average molecular weight is 365 g/mol. The predicted octanol–water partition coefficient (Wildman–Crippen LogP) is 2.64. The summed E-state index contributed by atoms with van der Waals surface area (Å²) in [6.45, 7) is 0. The van der Waals surface area contributed by atoms with Gasteiger partial charge in [0.25, 0.3) is 0 Å². The Bertz CT molecular complexity index is 735. The minimum absolute atomic E-state index is 0. The molecule has 6 heteroatoms. The van der Waals surface area contributed by atoms with Crippen LogP contribution in [0.2, 0.25) is 0 Å². The maximum absolute atomic E-state index is 13.1. The van der Waals surface area contributed by atoms with Crippen LogP contribution in [0.25, 0.3) is 10.9 Å². The molecule has 3 nitrogen and oxygen atoms in total. The number of fused-ring (bicyclic) bond motifs is 1. The van der Waals surface area contributed by atoms with Crippen LogP contribution >= 0.6 is 0 Å². The van der Waals surface area contributed by atoms with Crippen molar-refractivity contribution in [1.29, 1.82) is 0 Å². The van der Waals surface area contributed by atoms with E-state index in [2.05, 4.69) is 10.2 Å². The quantitative estimate of drug-likeness (QED) is 0.711. The van der Waals surface area contributed by atoms with E-state index in [9.17, 15) is 8.78 Å². The zero-order valence-electron chi connectivity index (χ0n) is 10.2. The summed E-state index contributed by atoms with van der Waals surface area (Å²) in [6, 6.07) is 8.97. The molecule has 1 heterocycles. The Kier molecular flexibility index (Phi) is 4.17. The fraction of sp³-hybridized carbons (Fsp3) is 0.0714. The van der Waals surface area contributed by atoms with Crippen molar-refractivity contribution in [2.45, 2.75) is 6.42 Å². The molecule has 0 aliphatic carbocycles. The third kappa shape index (κ3) is 2.87. The summed E-state index contributed by atoms with van der Waals surface area (Å²) in [4.78, 5) is 0. The van der Waals surface area contributed by atoms with E-state index in [4.69, 9.17) is 5.73 Å². The molecule has 0 saturated carbocycles. The minimum Gasteiger partial charge on any atom is -0.573 e. The van der Waals surface area contributed by atoms with E-state index in [1.54, 1.807) is 6.07 Å². The normalized spacial score (nSPS) is 10.5. The number of anilines is 1. The standard InChI is InChI=1S/C14H10F2N3.Pd/c15-10-4-9(5-11(16)7-10)3-8-1-2-13-12(6-8)14(17)19-18-13;/h1-2,4-7H,3H2,(H2-,17,18,19);/q-1;. The maximum atomic E-state index is 13.1. The summed E-state index contributed by atoms with van der Waals surface area (Å²) in [6.07, 6.45) is 0.426. The van der Waals surface area contributed by atoms with E-state index in [-0.39, 0.29) is 20.4 Å². The van der Waals surface area contributed by atoms with Crippen LogP contribution in [0.5, 0.6) is 0 Å². The summed E-state index contributed by atoms with van der Waals surface area (Å²) >= 11 is 0. The van der Waals surface area contributed by atoms with Gasteiger partial charge in [0.15, 0.2) is 0 Å². The van der Waals surface area contributed by atoms with Crippen LogP contribution in [0.4, 0.5) is 14.6 Å². The van der Waals surface area contributed by atoms with Gasteiger partial charge in [-0.15, -0.1) is 5.52 Å². The molecule has 1 aromatic heterocycles. The van der Waals surface area contributed by atoms with Crippen LogP contribution in [-0.4, -0.2) is 5.10 Å². The molecule has 20 heavy (non-hydrogen) atoms. The first-order valence-electron chi connectivity index (χ1n) is 5.74. The molecule has 106 valence electrons. The smallest absolute Gasteiger partial charge is 0.126 e. The second kappa shape index (κ2) is 5.70. The minimum atomic E-state index is -0.577. The maximum Gasteiger partial charge on any atom is 0.126 e. The number of benzene rings is 2. The topological polar surface area (TPSA) is 53.0 Å². The van der Waals surface area contributed by atoms with Gasteiger partial charge in [0.1, 0.15) is 17.5 Å². The van der Waals surface area contributed by atoms with Crippen LogP contribution in [0.1, 0.15) is 11.1 Å². The fourth-order valence-corrected chi connectivity index (χ4v) is 2.10. The van der Waals surface area contributed by atoms with Gasteiger partial charge in [0.05, 0.1) is 0 Å². The molecule has 2 N–H and O–H groups in total. The van der Waals surface area contributed by atoms with Crippen molar-refractivity contribution in [2.75, 3.05) is 5.73 Å². The molecule has 0 fully saturated rings. The van der Waals surface area contributed by atoms with Gasteiger partial charge >= 0.3 is 0 Å². The van der Waals surface area contributed by atoms with Gasteiger partial charge in [0.2, 0.25) is 0 Å². The van der Waals surface area contributed by atoms with Gasteiger partial charge in [-0.25, -0.2) is 8.78 Å². The molecule has 0 aliphatic rings. The number of aromatic nitrogens is 2. The molecular weight excluding hydrogens is 355 g/mol. The van der Waals surface area contributed by atoms with Crippen LogP contribution in [0.3, 0.4) is 0 Å². The number of nitrogens with two attached hydrogens (primary N) is 1. The summed E-state index contributed by atoms with van der Waals surface area (Å²) in [7, 11) is 0. The number of rotatable bonds is 2. The Labute approximate surface area is 127 Å². The van der Waals surface area contributed by atoms with Crippen molar-refractivity contribution in [3.63, 3.8) is 0 Å². The molecule has 0 bridgehead atoms. The van der Waals surface area contributed by atoms with Gasteiger partial charge in [0, 0.05) is 31.9 Å². The van der Waals surface area contributed by atoms with Gasteiger partial charge < -0.3 is 15.9 Å². The first kappa shape index (κ1) is 14.6. The second-order valence-electron chi connectivity index (χ2n) is 4.39. The van der Waals surface area contributed by atoms with Crippen LogP contribution < -0.4 is 10.8 Å². The van der Waals surface area contributed by atoms with E-state index in [1.807, 2.05) is 12.1 Å². The third-order valence-corrected chi connectivity index (χ3v) is 2.93. The van der Waals surface area contributed by atoms with Crippen molar-refractivity contribution in [3.8, 4) is 0 Å². The van der Waals surface area contributed by atoms with Crippen LogP contribution in [0, 0.1) is 11.6 Å². The Balaban J connectivity index is 0.00000147. The molecule has 2 aromatic carbocycles. The molecular formula is C14H10F2N3Pd-. The van der Waals surface area contributed by atoms with Gasteiger partial charge in [-0.05, 0) is 35.7 Å². The Morgan fingerprint density at radius 2 is 1.70 bits per heavy atom. The number of nitrogens with zero attached hydrogens (tertiary/aromatic N) is 2. The zero-order valence-corrected chi connectivity index (χ0v) is 11.8. The first-order chi connectivity index (χ1) is 9.11. The van der Waals surface area contributed by atoms with E-state index in [0.717, 1.165) is 17.0 Å². The van der Waals surface area contributed by atoms with Crippen molar-refractivity contribution in [2.24, 2.45) is 0 Å². The van der Waals surface area contributed by atoms with Crippen molar-refractivity contribution in [3.05, 3.63) is 59.2 Å². The third-order valence-electron chi connectivity index (χ3n) is 2.93. The molecule has 3 aromatic rings. The first-order valence-corrected chi connectivity index (χ1v) is 5.74. The predicted molar refractivity (Wildman–Crippen MR) is 68.6 cm³/mol. The Morgan fingerprint density at radius 3 is 2.40 bits per heavy atom. The number of hydrogen-bond acceptors (Lipinski definition) is 2. The molecule has 0 unspecified atom stereocenters. The van der Waals surface area contributed by atoms with Gasteiger partial charge in [-0.3, -0.25) is 0 Å².